The summed E-state index contributed by atoms with van der Waals surface area (Å²) in [5.41, 5.74) is 3.21. The number of benzene rings is 1. The number of hydrazine groups is 1. The van der Waals surface area contributed by atoms with Gasteiger partial charge in [0.15, 0.2) is 0 Å². The van der Waals surface area contributed by atoms with Gasteiger partial charge in [-0.3, -0.25) is 10.2 Å². The van der Waals surface area contributed by atoms with Gasteiger partial charge in [0.05, 0.1) is 5.52 Å². The Hall–Kier alpha value is -2.41. The van der Waals surface area contributed by atoms with Crippen molar-refractivity contribution < 1.29 is 4.79 Å². The number of rotatable bonds is 5. The van der Waals surface area contributed by atoms with Crippen LogP contribution in [0.4, 0.5) is 11.8 Å². The predicted molar refractivity (Wildman–Crippen MR) is 74.5 cm³/mol. The molecule has 7 heteroatoms. The van der Waals surface area contributed by atoms with Gasteiger partial charge in [0, 0.05) is 25.4 Å². The molecular weight excluding hydrogens is 244 g/mol. The molecule has 100 valence electrons. The minimum Gasteiger partial charge on any atom is -0.369 e. The minimum absolute atomic E-state index is 0.0250. The van der Waals surface area contributed by atoms with Crippen molar-refractivity contribution in [3.05, 3.63) is 24.3 Å². The normalized spacial score (nSPS) is 10.2. The van der Waals surface area contributed by atoms with Crippen LogP contribution in [-0.4, -0.2) is 29.5 Å². The van der Waals surface area contributed by atoms with E-state index < -0.39 is 0 Å². The molecule has 0 atom stereocenters. The van der Waals surface area contributed by atoms with Gasteiger partial charge < -0.3 is 10.6 Å². The molecule has 1 amide bonds. The van der Waals surface area contributed by atoms with Gasteiger partial charge in [-0.2, -0.15) is 4.98 Å². The van der Waals surface area contributed by atoms with Crippen molar-refractivity contribution in [3.63, 3.8) is 0 Å². The van der Waals surface area contributed by atoms with Crippen LogP contribution < -0.4 is 21.9 Å². The number of carbonyl (C=O) groups is 1. The highest BCUT2D eigenvalue weighted by molar-refractivity contribution is 5.90. The Bertz CT molecular complexity index is 585. The zero-order valence-corrected chi connectivity index (χ0v) is 10.6. The molecule has 1 heterocycles. The molecule has 0 saturated heterocycles. The van der Waals surface area contributed by atoms with Crippen LogP contribution in [0.3, 0.4) is 0 Å². The maximum atomic E-state index is 11.2. The third-order valence-corrected chi connectivity index (χ3v) is 2.66. The Labute approximate surface area is 110 Å². The van der Waals surface area contributed by atoms with Crippen molar-refractivity contribution in [2.45, 2.75) is 6.42 Å². The van der Waals surface area contributed by atoms with Gasteiger partial charge in [0.2, 0.25) is 11.9 Å². The maximum Gasteiger partial charge on any atom is 0.239 e. The maximum absolute atomic E-state index is 11.2. The molecule has 19 heavy (non-hydrogen) atoms. The summed E-state index contributed by atoms with van der Waals surface area (Å²) in [6.07, 6.45) is 0.375. The first kappa shape index (κ1) is 13.0. The second-order valence-electron chi connectivity index (χ2n) is 3.91. The van der Waals surface area contributed by atoms with E-state index >= 15 is 0 Å². The van der Waals surface area contributed by atoms with Crippen molar-refractivity contribution in [2.75, 3.05) is 24.3 Å². The van der Waals surface area contributed by atoms with Crippen LogP contribution >= 0.6 is 0 Å². The third-order valence-electron chi connectivity index (χ3n) is 2.66. The second-order valence-corrected chi connectivity index (χ2v) is 3.91. The first-order chi connectivity index (χ1) is 9.24. The van der Waals surface area contributed by atoms with E-state index in [1.165, 1.54) is 0 Å². The van der Waals surface area contributed by atoms with E-state index in [1.54, 1.807) is 7.05 Å². The standard InChI is InChI=1S/C12H16N6O/c1-14-10(19)6-7-15-11-8-4-2-3-5-9(8)16-12(17-11)18-13/h2-5H,6-7,13H2,1H3,(H,14,19)(H2,15,16,17,18). The first-order valence-electron chi connectivity index (χ1n) is 5.92. The summed E-state index contributed by atoms with van der Waals surface area (Å²) in [6, 6.07) is 7.59. The Morgan fingerprint density at radius 3 is 2.84 bits per heavy atom. The molecule has 0 unspecified atom stereocenters. The monoisotopic (exact) mass is 260 g/mol. The third kappa shape index (κ3) is 3.08. The van der Waals surface area contributed by atoms with Gasteiger partial charge >= 0.3 is 0 Å². The molecule has 1 aromatic carbocycles. The molecular formula is C12H16N6O. The highest BCUT2D eigenvalue weighted by atomic mass is 16.1. The lowest BCUT2D eigenvalue weighted by Gasteiger charge is -2.10. The number of hydrogen-bond donors (Lipinski definition) is 4. The molecule has 7 nitrogen and oxygen atoms in total. The number of anilines is 2. The quantitative estimate of drug-likeness (QED) is 0.460. The lowest BCUT2D eigenvalue weighted by molar-refractivity contribution is -0.120. The number of nitrogen functional groups attached to an aromatic ring is 1. The minimum atomic E-state index is -0.0250. The number of fused-ring (bicyclic) bond motifs is 1. The van der Waals surface area contributed by atoms with E-state index in [9.17, 15) is 4.79 Å². The average Bonchev–Trinajstić information content (AvgIpc) is 2.46. The van der Waals surface area contributed by atoms with E-state index in [2.05, 4.69) is 26.0 Å². The van der Waals surface area contributed by atoms with Gasteiger partial charge in [-0.25, -0.2) is 10.8 Å². The summed E-state index contributed by atoms with van der Waals surface area (Å²) in [7, 11) is 1.61. The van der Waals surface area contributed by atoms with Crippen molar-refractivity contribution in [2.24, 2.45) is 5.84 Å². The molecule has 0 spiro atoms. The Balaban J connectivity index is 2.23. The summed E-state index contributed by atoms with van der Waals surface area (Å²) in [5, 5.41) is 6.57. The van der Waals surface area contributed by atoms with Crippen LogP contribution in [0.5, 0.6) is 0 Å². The SMILES string of the molecule is CNC(=O)CCNc1nc(NN)nc2ccccc12. The number of amides is 1. The van der Waals surface area contributed by atoms with Crippen LogP contribution in [0.25, 0.3) is 10.9 Å². The molecule has 5 N–H and O–H groups in total. The zero-order chi connectivity index (χ0) is 13.7. The van der Waals surface area contributed by atoms with E-state index in [0.29, 0.717) is 24.7 Å². The number of nitrogens with one attached hydrogen (secondary N) is 3. The smallest absolute Gasteiger partial charge is 0.239 e. The second kappa shape index (κ2) is 5.96. The van der Waals surface area contributed by atoms with Crippen molar-refractivity contribution >= 4 is 28.6 Å². The van der Waals surface area contributed by atoms with Gasteiger partial charge in [-0.05, 0) is 12.1 Å². The summed E-state index contributed by atoms with van der Waals surface area (Å²) in [6.45, 7) is 0.491. The van der Waals surface area contributed by atoms with E-state index in [-0.39, 0.29) is 5.91 Å². The van der Waals surface area contributed by atoms with Gasteiger partial charge in [0.1, 0.15) is 5.82 Å². The molecule has 0 saturated carbocycles. The molecule has 0 radical (unpaired) electrons. The van der Waals surface area contributed by atoms with Crippen LogP contribution in [-0.2, 0) is 4.79 Å². The summed E-state index contributed by atoms with van der Waals surface area (Å²) >= 11 is 0. The van der Waals surface area contributed by atoms with Gasteiger partial charge in [-0.1, -0.05) is 12.1 Å². The molecule has 0 aliphatic carbocycles. The fourth-order valence-corrected chi connectivity index (χ4v) is 1.70. The summed E-state index contributed by atoms with van der Waals surface area (Å²) in [4.78, 5) is 19.7. The number of aromatic nitrogens is 2. The van der Waals surface area contributed by atoms with Gasteiger partial charge in [0.25, 0.3) is 0 Å². The molecule has 2 rings (SSSR count). The number of hydrogen-bond acceptors (Lipinski definition) is 6. The summed E-state index contributed by atoms with van der Waals surface area (Å²) in [5.74, 6) is 6.31. The number of nitrogens with two attached hydrogens (primary N) is 1. The van der Waals surface area contributed by atoms with Crippen LogP contribution in [0.2, 0.25) is 0 Å². The molecule has 0 bridgehead atoms. The Morgan fingerprint density at radius 1 is 1.32 bits per heavy atom. The molecule has 1 aromatic heterocycles. The topological polar surface area (TPSA) is 105 Å². The van der Waals surface area contributed by atoms with Gasteiger partial charge in [-0.15, -0.1) is 0 Å². The highest BCUT2D eigenvalue weighted by Crippen LogP contribution is 2.21. The largest absolute Gasteiger partial charge is 0.369 e. The zero-order valence-electron chi connectivity index (χ0n) is 10.6. The molecule has 0 aliphatic heterocycles. The lowest BCUT2D eigenvalue weighted by Crippen LogP contribution is -2.21. The molecule has 0 fully saturated rings. The number of carbonyl (C=O) groups excluding carboxylic acids is 1. The highest BCUT2D eigenvalue weighted by Gasteiger charge is 2.06. The van der Waals surface area contributed by atoms with E-state index in [4.69, 9.17) is 5.84 Å². The fraction of sp³-hybridized carbons (Fsp3) is 0.250. The molecule has 0 aliphatic rings. The first-order valence-corrected chi connectivity index (χ1v) is 5.92. The van der Waals surface area contributed by atoms with Crippen molar-refractivity contribution in [3.8, 4) is 0 Å². The van der Waals surface area contributed by atoms with Crippen LogP contribution in [0.1, 0.15) is 6.42 Å². The lowest BCUT2D eigenvalue weighted by atomic mass is 10.2. The summed E-state index contributed by atoms with van der Waals surface area (Å²) < 4.78 is 0. The van der Waals surface area contributed by atoms with Crippen LogP contribution in [0.15, 0.2) is 24.3 Å². The number of para-hydroxylation sites is 1. The predicted octanol–water partition coefficient (Wildman–Crippen LogP) is 0.463. The van der Waals surface area contributed by atoms with E-state index in [0.717, 1.165) is 10.9 Å². The van der Waals surface area contributed by atoms with E-state index in [1.807, 2.05) is 24.3 Å². The van der Waals surface area contributed by atoms with Crippen molar-refractivity contribution in [1.82, 2.24) is 15.3 Å². The fourth-order valence-electron chi connectivity index (χ4n) is 1.70. The van der Waals surface area contributed by atoms with Crippen molar-refractivity contribution in [1.29, 1.82) is 0 Å². The molecule has 2 aromatic rings. The number of nitrogens with zero attached hydrogens (tertiary/aromatic N) is 2. The Morgan fingerprint density at radius 2 is 2.11 bits per heavy atom. The Kier molecular flexibility index (Phi) is 4.09. The van der Waals surface area contributed by atoms with Crippen LogP contribution in [0, 0.1) is 0 Å². The average molecular weight is 260 g/mol.